The van der Waals surface area contributed by atoms with E-state index in [9.17, 15) is 4.79 Å². The molecule has 8 nitrogen and oxygen atoms in total. The molecule has 1 amide bonds. The molecule has 2 aromatic carbocycles. The Kier molecular flexibility index (Phi) is 4.27. The lowest BCUT2D eigenvalue weighted by molar-refractivity contribution is 0.0332. The van der Waals surface area contributed by atoms with E-state index in [0.717, 1.165) is 60.6 Å². The van der Waals surface area contributed by atoms with E-state index in [1.54, 1.807) is 0 Å². The van der Waals surface area contributed by atoms with Crippen molar-refractivity contribution in [1.82, 2.24) is 25.1 Å². The molecule has 0 radical (unpaired) electrons. The SMILES string of the molecule is O=C(Nc1ccc2nc(CN3CCOCC3)[nH]c2c1)c1n[nH]c2ccccc12. The average Bonchev–Trinajstić information content (AvgIpc) is 3.32. The Labute approximate surface area is 160 Å². The number of hydrogen-bond donors (Lipinski definition) is 3. The topological polar surface area (TPSA) is 98.9 Å². The predicted molar refractivity (Wildman–Crippen MR) is 106 cm³/mol. The second-order valence-corrected chi connectivity index (χ2v) is 6.88. The molecule has 142 valence electrons. The predicted octanol–water partition coefficient (Wildman–Crippen LogP) is 2.52. The van der Waals surface area contributed by atoms with E-state index in [0.29, 0.717) is 11.4 Å². The fraction of sp³-hybridized carbons (Fsp3) is 0.250. The van der Waals surface area contributed by atoms with Crippen LogP contribution < -0.4 is 5.32 Å². The van der Waals surface area contributed by atoms with Crippen molar-refractivity contribution >= 4 is 33.5 Å². The van der Waals surface area contributed by atoms with Crippen molar-refractivity contribution < 1.29 is 9.53 Å². The number of H-pyrrole nitrogens is 2. The van der Waals surface area contributed by atoms with Gasteiger partial charge in [0.05, 0.1) is 36.3 Å². The summed E-state index contributed by atoms with van der Waals surface area (Å²) in [5.41, 5.74) is 3.70. The average molecular weight is 376 g/mol. The van der Waals surface area contributed by atoms with Gasteiger partial charge in [-0.05, 0) is 24.3 Å². The number of rotatable bonds is 4. The van der Waals surface area contributed by atoms with Crippen molar-refractivity contribution in [2.24, 2.45) is 0 Å². The summed E-state index contributed by atoms with van der Waals surface area (Å²) in [5, 5.41) is 10.8. The zero-order valence-corrected chi connectivity index (χ0v) is 15.2. The molecular weight excluding hydrogens is 356 g/mol. The van der Waals surface area contributed by atoms with Crippen LogP contribution in [0.2, 0.25) is 0 Å². The number of para-hydroxylation sites is 1. The van der Waals surface area contributed by atoms with Crippen LogP contribution in [0.1, 0.15) is 16.3 Å². The van der Waals surface area contributed by atoms with Crippen LogP contribution in [-0.4, -0.2) is 57.3 Å². The number of carbonyl (C=O) groups excluding carboxylic acids is 1. The van der Waals surface area contributed by atoms with Crippen molar-refractivity contribution in [1.29, 1.82) is 0 Å². The summed E-state index contributed by atoms with van der Waals surface area (Å²) < 4.78 is 5.39. The summed E-state index contributed by atoms with van der Waals surface area (Å²) in [7, 11) is 0. The van der Waals surface area contributed by atoms with Gasteiger partial charge >= 0.3 is 0 Å². The number of imidazole rings is 1. The highest BCUT2D eigenvalue weighted by molar-refractivity contribution is 6.11. The minimum atomic E-state index is -0.246. The van der Waals surface area contributed by atoms with Gasteiger partial charge in [-0.3, -0.25) is 14.8 Å². The third-order valence-corrected chi connectivity index (χ3v) is 4.95. The molecule has 0 unspecified atom stereocenters. The summed E-state index contributed by atoms with van der Waals surface area (Å²) in [6, 6.07) is 13.2. The molecule has 1 aliphatic heterocycles. The number of nitrogens with one attached hydrogen (secondary N) is 3. The lowest BCUT2D eigenvalue weighted by atomic mass is 10.2. The molecule has 4 aromatic rings. The molecule has 0 spiro atoms. The minimum absolute atomic E-state index is 0.246. The van der Waals surface area contributed by atoms with E-state index >= 15 is 0 Å². The van der Waals surface area contributed by atoms with E-state index < -0.39 is 0 Å². The van der Waals surface area contributed by atoms with Crippen molar-refractivity contribution in [2.75, 3.05) is 31.6 Å². The second-order valence-electron chi connectivity index (χ2n) is 6.88. The zero-order chi connectivity index (χ0) is 18.9. The monoisotopic (exact) mass is 376 g/mol. The first-order chi connectivity index (χ1) is 13.8. The van der Waals surface area contributed by atoms with Gasteiger partial charge in [0, 0.05) is 24.2 Å². The number of aromatic amines is 2. The number of morpholine rings is 1. The second kappa shape index (κ2) is 7.06. The summed E-state index contributed by atoms with van der Waals surface area (Å²) in [6.45, 7) is 4.11. The molecule has 1 fully saturated rings. The van der Waals surface area contributed by atoms with E-state index in [1.807, 2.05) is 42.5 Å². The highest BCUT2D eigenvalue weighted by Gasteiger charge is 2.16. The number of anilines is 1. The van der Waals surface area contributed by atoms with Gasteiger partial charge in [-0.15, -0.1) is 0 Å². The number of carbonyl (C=O) groups is 1. The number of hydrogen-bond acceptors (Lipinski definition) is 5. The summed E-state index contributed by atoms with van der Waals surface area (Å²) >= 11 is 0. The Balaban J connectivity index is 1.35. The largest absolute Gasteiger partial charge is 0.379 e. The van der Waals surface area contributed by atoms with E-state index in [2.05, 4.69) is 30.4 Å². The number of aromatic nitrogens is 4. The van der Waals surface area contributed by atoms with E-state index in [-0.39, 0.29) is 5.91 Å². The molecule has 8 heteroatoms. The molecular formula is C20H20N6O2. The Morgan fingerprint density at radius 3 is 2.89 bits per heavy atom. The molecule has 1 aliphatic rings. The molecule has 2 aromatic heterocycles. The van der Waals surface area contributed by atoms with Gasteiger partial charge < -0.3 is 15.0 Å². The molecule has 1 saturated heterocycles. The normalized spacial score (nSPS) is 15.3. The smallest absolute Gasteiger partial charge is 0.276 e. The van der Waals surface area contributed by atoms with Crippen LogP contribution in [0.3, 0.4) is 0 Å². The first-order valence-electron chi connectivity index (χ1n) is 9.29. The van der Waals surface area contributed by atoms with Crippen LogP contribution in [-0.2, 0) is 11.3 Å². The van der Waals surface area contributed by atoms with Gasteiger partial charge in [0.2, 0.25) is 0 Å². The van der Waals surface area contributed by atoms with Crippen molar-refractivity contribution in [2.45, 2.75) is 6.54 Å². The molecule has 3 heterocycles. The number of amides is 1. The van der Waals surface area contributed by atoms with Crippen molar-refractivity contribution in [3.63, 3.8) is 0 Å². The molecule has 0 atom stereocenters. The zero-order valence-electron chi connectivity index (χ0n) is 15.2. The van der Waals surface area contributed by atoms with Gasteiger partial charge in [-0.1, -0.05) is 18.2 Å². The molecule has 28 heavy (non-hydrogen) atoms. The fourth-order valence-electron chi connectivity index (χ4n) is 3.51. The molecule has 0 bridgehead atoms. The minimum Gasteiger partial charge on any atom is -0.379 e. The maximum absolute atomic E-state index is 12.7. The molecule has 0 saturated carbocycles. The van der Waals surface area contributed by atoms with Crippen LogP contribution in [0.15, 0.2) is 42.5 Å². The van der Waals surface area contributed by atoms with Crippen molar-refractivity contribution in [3.05, 3.63) is 54.0 Å². The van der Waals surface area contributed by atoms with Crippen LogP contribution in [0, 0.1) is 0 Å². The van der Waals surface area contributed by atoms with Crippen molar-refractivity contribution in [3.8, 4) is 0 Å². The quantitative estimate of drug-likeness (QED) is 0.508. The van der Waals surface area contributed by atoms with Crippen LogP contribution in [0.25, 0.3) is 21.9 Å². The lowest BCUT2D eigenvalue weighted by Crippen LogP contribution is -2.35. The van der Waals surface area contributed by atoms with Gasteiger partial charge in [-0.2, -0.15) is 5.10 Å². The standard InChI is InChI=1S/C20H20N6O2/c27-20(19-14-3-1-2-4-15(14)24-25-19)21-13-5-6-16-17(11-13)23-18(22-16)12-26-7-9-28-10-8-26/h1-6,11H,7-10,12H2,(H,21,27)(H,22,23)(H,24,25). The Morgan fingerprint density at radius 2 is 2.00 bits per heavy atom. The molecule has 5 rings (SSSR count). The van der Waals surface area contributed by atoms with Crippen LogP contribution in [0.5, 0.6) is 0 Å². The molecule has 0 aliphatic carbocycles. The van der Waals surface area contributed by atoms with E-state index in [1.165, 1.54) is 0 Å². The number of benzene rings is 2. The fourth-order valence-corrected chi connectivity index (χ4v) is 3.51. The molecule has 3 N–H and O–H groups in total. The highest BCUT2D eigenvalue weighted by atomic mass is 16.5. The summed E-state index contributed by atoms with van der Waals surface area (Å²) in [6.07, 6.45) is 0. The van der Waals surface area contributed by atoms with Gasteiger partial charge in [0.1, 0.15) is 5.82 Å². The highest BCUT2D eigenvalue weighted by Crippen LogP contribution is 2.20. The Morgan fingerprint density at radius 1 is 1.14 bits per heavy atom. The third-order valence-electron chi connectivity index (χ3n) is 4.95. The number of ether oxygens (including phenoxy) is 1. The maximum Gasteiger partial charge on any atom is 0.276 e. The number of fused-ring (bicyclic) bond motifs is 2. The first-order valence-corrected chi connectivity index (χ1v) is 9.29. The van der Waals surface area contributed by atoms with Crippen LogP contribution >= 0.6 is 0 Å². The van der Waals surface area contributed by atoms with E-state index in [4.69, 9.17) is 4.74 Å². The maximum atomic E-state index is 12.7. The first kappa shape index (κ1) is 16.9. The van der Waals surface area contributed by atoms with Crippen LogP contribution in [0.4, 0.5) is 5.69 Å². The third kappa shape index (κ3) is 3.23. The van der Waals surface area contributed by atoms with Gasteiger partial charge in [0.15, 0.2) is 5.69 Å². The lowest BCUT2D eigenvalue weighted by Gasteiger charge is -2.25. The number of nitrogens with zero attached hydrogens (tertiary/aromatic N) is 3. The van der Waals surface area contributed by atoms with Gasteiger partial charge in [-0.25, -0.2) is 4.98 Å². The summed E-state index contributed by atoms with van der Waals surface area (Å²) in [4.78, 5) is 23.0. The van der Waals surface area contributed by atoms with Gasteiger partial charge in [0.25, 0.3) is 5.91 Å². The Hall–Kier alpha value is -3.23. The summed E-state index contributed by atoms with van der Waals surface area (Å²) in [5.74, 6) is 0.670. The Bertz CT molecular complexity index is 1140.